The second-order valence-electron chi connectivity index (χ2n) is 8.87. The van der Waals surface area contributed by atoms with Crippen molar-refractivity contribution in [3.63, 3.8) is 0 Å². The van der Waals surface area contributed by atoms with E-state index in [0.29, 0.717) is 21.7 Å². The second-order valence-corrected chi connectivity index (χ2v) is 9.30. The van der Waals surface area contributed by atoms with E-state index in [2.05, 4.69) is 0 Å². The third kappa shape index (κ3) is 3.20. The summed E-state index contributed by atoms with van der Waals surface area (Å²) < 4.78 is 22.9. The maximum absolute atomic E-state index is 13.9. The molecule has 3 aromatic rings. The highest BCUT2D eigenvalue weighted by atomic mass is 35.5. The van der Waals surface area contributed by atoms with Crippen LogP contribution in [-0.2, 0) is 34.2 Å². The van der Waals surface area contributed by atoms with E-state index in [9.17, 15) is 14.4 Å². The topological polar surface area (TPSA) is 88.1 Å². The summed E-state index contributed by atoms with van der Waals surface area (Å²) >= 11 is 6.37. The lowest BCUT2D eigenvalue weighted by molar-refractivity contribution is -0.175. The Morgan fingerprint density at radius 3 is 2.22 bits per heavy atom. The molecule has 4 atom stereocenters. The molecular formula is C28H23ClO7. The number of hydrogen-bond donors (Lipinski definition) is 0. The Kier molecular flexibility index (Phi) is 5.85. The number of aryl methyl sites for hydroxylation is 1. The summed E-state index contributed by atoms with van der Waals surface area (Å²) in [4.78, 5) is 41.5. The average Bonchev–Trinajstić information content (AvgIpc) is 3.24. The number of esters is 3. The maximum atomic E-state index is 13.9. The van der Waals surface area contributed by atoms with Crippen molar-refractivity contribution in [2.24, 2.45) is 5.41 Å². The first-order chi connectivity index (χ1) is 17.3. The minimum atomic E-state index is -2.08. The van der Waals surface area contributed by atoms with Gasteiger partial charge in [0.15, 0.2) is 5.60 Å². The molecule has 184 valence electrons. The number of halogens is 1. The zero-order chi connectivity index (χ0) is 25.7. The van der Waals surface area contributed by atoms with Gasteiger partial charge in [-0.2, -0.15) is 0 Å². The van der Waals surface area contributed by atoms with Crippen molar-refractivity contribution in [3.8, 4) is 5.75 Å². The molecule has 5 rings (SSSR count). The molecule has 8 heteroatoms. The molecular weight excluding hydrogens is 484 g/mol. The minimum absolute atomic E-state index is 0.172. The SMILES string of the molecule is COC(=O)C1(c2ccccc2)OC(c2ccc(C)cc2)C2(C(=O)OC)C(=O)Oc3ccc(Cl)cc3C12. The lowest BCUT2D eigenvalue weighted by Crippen LogP contribution is -2.54. The molecule has 0 radical (unpaired) electrons. The highest BCUT2D eigenvalue weighted by Gasteiger charge is 2.78. The van der Waals surface area contributed by atoms with Crippen molar-refractivity contribution in [2.45, 2.75) is 24.5 Å². The number of fused-ring (bicyclic) bond motifs is 3. The van der Waals surface area contributed by atoms with E-state index in [0.717, 1.165) is 5.56 Å². The van der Waals surface area contributed by atoms with Crippen LogP contribution in [0.25, 0.3) is 0 Å². The molecule has 2 aliphatic rings. The highest BCUT2D eigenvalue weighted by Crippen LogP contribution is 2.68. The van der Waals surface area contributed by atoms with E-state index in [1.54, 1.807) is 54.6 Å². The number of ether oxygens (including phenoxy) is 4. The average molecular weight is 507 g/mol. The van der Waals surface area contributed by atoms with Gasteiger partial charge in [-0.15, -0.1) is 0 Å². The largest absolute Gasteiger partial charge is 0.468 e. The fourth-order valence-electron chi connectivity index (χ4n) is 5.44. The first kappa shape index (κ1) is 24.0. The molecule has 7 nitrogen and oxygen atoms in total. The summed E-state index contributed by atoms with van der Waals surface area (Å²) in [6, 6.07) is 20.5. The summed E-state index contributed by atoms with van der Waals surface area (Å²) in [5.41, 5.74) is -1.75. The van der Waals surface area contributed by atoms with Crippen molar-refractivity contribution in [1.29, 1.82) is 0 Å². The Balaban J connectivity index is 1.93. The van der Waals surface area contributed by atoms with Crippen molar-refractivity contribution in [2.75, 3.05) is 14.2 Å². The molecule has 3 aromatic carbocycles. The van der Waals surface area contributed by atoms with Gasteiger partial charge in [0.25, 0.3) is 0 Å². The summed E-state index contributed by atoms with van der Waals surface area (Å²) in [5.74, 6) is -3.60. The van der Waals surface area contributed by atoms with Crippen LogP contribution in [0.5, 0.6) is 5.75 Å². The Morgan fingerprint density at radius 1 is 0.917 bits per heavy atom. The van der Waals surface area contributed by atoms with Crippen LogP contribution in [0, 0.1) is 12.3 Å². The van der Waals surface area contributed by atoms with Gasteiger partial charge in [0, 0.05) is 10.6 Å². The Hall–Kier alpha value is -3.68. The van der Waals surface area contributed by atoms with E-state index in [1.165, 1.54) is 20.3 Å². The van der Waals surface area contributed by atoms with Crippen LogP contribution in [0.1, 0.15) is 34.3 Å². The predicted octanol–water partition coefficient (Wildman–Crippen LogP) is 4.65. The van der Waals surface area contributed by atoms with Crippen molar-refractivity contribution >= 4 is 29.5 Å². The van der Waals surface area contributed by atoms with E-state index in [4.69, 9.17) is 30.5 Å². The number of benzene rings is 3. The van der Waals surface area contributed by atoms with Crippen LogP contribution in [-0.4, -0.2) is 32.1 Å². The van der Waals surface area contributed by atoms with Gasteiger partial charge in [0.05, 0.1) is 20.1 Å². The second kappa shape index (κ2) is 8.76. The molecule has 0 amide bonds. The van der Waals surface area contributed by atoms with Crippen molar-refractivity contribution < 1.29 is 33.3 Å². The van der Waals surface area contributed by atoms with Gasteiger partial charge >= 0.3 is 17.9 Å². The van der Waals surface area contributed by atoms with E-state index in [-0.39, 0.29) is 5.75 Å². The van der Waals surface area contributed by atoms with Crippen LogP contribution in [0.2, 0.25) is 5.02 Å². The molecule has 0 saturated carbocycles. The number of rotatable bonds is 4. The smallest absolute Gasteiger partial charge is 0.343 e. The van der Waals surface area contributed by atoms with Crippen LogP contribution < -0.4 is 4.74 Å². The monoisotopic (exact) mass is 506 g/mol. The van der Waals surface area contributed by atoms with Gasteiger partial charge in [-0.3, -0.25) is 9.59 Å². The molecule has 2 heterocycles. The Labute approximate surface area is 212 Å². The van der Waals surface area contributed by atoms with E-state index >= 15 is 0 Å². The molecule has 0 N–H and O–H groups in total. The normalized spacial score (nSPS) is 26.4. The fourth-order valence-corrected chi connectivity index (χ4v) is 5.62. The lowest BCUT2D eigenvalue weighted by Gasteiger charge is -2.41. The number of hydrogen-bond acceptors (Lipinski definition) is 7. The zero-order valence-corrected chi connectivity index (χ0v) is 20.6. The predicted molar refractivity (Wildman–Crippen MR) is 129 cm³/mol. The lowest BCUT2D eigenvalue weighted by atomic mass is 9.60. The van der Waals surface area contributed by atoms with Crippen molar-refractivity contribution in [3.05, 3.63) is 100 Å². The van der Waals surface area contributed by atoms with Crippen LogP contribution in [0.3, 0.4) is 0 Å². The Bertz CT molecular complexity index is 1350. The molecule has 2 aliphatic heterocycles. The number of carbonyl (C=O) groups is 3. The van der Waals surface area contributed by atoms with Gasteiger partial charge < -0.3 is 18.9 Å². The first-order valence-corrected chi connectivity index (χ1v) is 11.7. The van der Waals surface area contributed by atoms with E-state index < -0.39 is 40.9 Å². The van der Waals surface area contributed by atoms with Crippen LogP contribution in [0.4, 0.5) is 0 Å². The Morgan fingerprint density at radius 2 is 1.58 bits per heavy atom. The first-order valence-electron chi connectivity index (χ1n) is 11.3. The van der Waals surface area contributed by atoms with Gasteiger partial charge in [0.2, 0.25) is 5.41 Å². The van der Waals surface area contributed by atoms with Gasteiger partial charge in [-0.25, -0.2) is 4.79 Å². The third-order valence-electron chi connectivity index (χ3n) is 7.00. The molecule has 1 fully saturated rings. The quantitative estimate of drug-likeness (QED) is 0.289. The standard InChI is InChI=1S/C28H23ClO7/c1-16-9-11-17(12-10-16)23-27(24(30)33-2)22(20-15-19(29)13-14-21(20)35-25(27)31)28(36-23,26(32)34-3)18-7-5-4-6-8-18/h4-15,22-23H,1-3H3. The molecule has 0 bridgehead atoms. The summed E-state index contributed by atoms with van der Waals surface area (Å²) in [6.07, 6.45) is -1.24. The maximum Gasteiger partial charge on any atom is 0.343 e. The summed E-state index contributed by atoms with van der Waals surface area (Å²) in [5, 5.41) is 0.330. The minimum Gasteiger partial charge on any atom is -0.468 e. The molecule has 36 heavy (non-hydrogen) atoms. The van der Waals surface area contributed by atoms with Gasteiger partial charge in [0.1, 0.15) is 11.9 Å². The molecule has 0 aromatic heterocycles. The highest BCUT2D eigenvalue weighted by molar-refractivity contribution is 6.30. The molecule has 4 unspecified atom stereocenters. The molecule has 1 saturated heterocycles. The van der Waals surface area contributed by atoms with Crippen LogP contribution in [0.15, 0.2) is 72.8 Å². The number of carbonyl (C=O) groups excluding carboxylic acids is 3. The third-order valence-corrected chi connectivity index (χ3v) is 7.23. The van der Waals surface area contributed by atoms with E-state index in [1.807, 2.05) is 19.1 Å². The van der Waals surface area contributed by atoms with Crippen LogP contribution >= 0.6 is 11.6 Å². The summed E-state index contributed by atoms with van der Waals surface area (Å²) in [6.45, 7) is 1.91. The number of methoxy groups -OCH3 is 2. The van der Waals surface area contributed by atoms with Gasteiger partial charge in [-0.05, 0) is 36.2 Å². The molecule has 0 aliphatic carbocycles. The van der Waals surface area contributed by atoms with Gasteiger partial charge in [-0.1, -0.05) is 71.8 Å². The zero-order valence-electron chi connectivity index (χ0n) is 19.8. The van der Waals surface area contributed by atoms with Crippen molar-refractivity contribution in [1.82, 2.24) is 0 Å². The fraction of sp³-hybridized carbons (Fsp3) is 0.250. The summed E-state index contributed by atoms with van der Waals surface area (Å²) in [7, 11) is 2.41. The molecule has 0 spiro atoms.